The van der Waals surface area contributed by atoms with Gasteiger partial charge in [0.05, 0.1) is 11.7 Å². The third-order valence-electron chi connectivity index (χ3n) is 4.73. The van der Waals surface area contributed by atoms with Gasteiger partial charge in [0.25, 0.3) is 0 Å². The van der Waals surface area contributed by atoms with E-state index in [2.05, 4.69) is 23.8 Å². The summed E-state index contributed by atoms with van der Waals surface area (Å²) in [5, 5.41) is 4.47. The summed E-state index contributed by atoms with van der Waals surface area (Å²) in [5.41, 5.74) is 9.60. The van der Waals surface area contributed by atoms with E-state index in [1.54, 1.807) is 0 Å². The average Bonchev–Trinajstić information content (AvgIpc) is 2.73. The zero-order valence-electron chi connectivity index (χ0n) is 14.9. The fraction of sp³-hybridized carbons (Fsp3) is 0.750. The highest BCUT2D eigenvalue weighted by atomic mass is 35.5. The van der Waals surface area contributed by atoms with Gasteiger partial charge in [0, 0.05) is 51.0 Å². The molecule has 2 heterocycles. The molecular weight excluding hydrogens is 314 g/mol. The van der Waals surface area contributed by atoms with Crippen molar-refractivity contribution >= 4 is 18.3 Å². The summed E-state index contributed by atoms with van der Waals surface area (Å²) in [6.07, 6.45) is 0. The minimum Gasteiger partial charge on any atom is -0.339 e. The molecular formula is C16H30ClN5O. The van der Waals surface area contributed by atoms with E-state index in [0.717, 1.165) is 38.4 Å². The molecule has 1 aromatic heterocycles. The highest BCUT2D eigenvalue weighted by Gasteiger charge is 2.27. The minimum atomic E-state index is -0.380. The van der Waals surface area contributed by atoms with Gasteiger partial charge in [-0.05, 0) is 19.8 Å². The number of halogens is 1. The zero-order valence-corrected chi connectivity index (χ0v) is 15.7. The molecule has 1 aromatic rings. The maximum absolute atomic E-state index is 12.3. The lowest BCUT2D eigenvalue weighted by Crippen LogP contribution is -2.54. The lowest BCUT2D eigenvalue weighted by molar-refractivity contribution is -0.135. The smallest absolute Gasteiger partial charge is 0.239 e. The Hall–Kier alpha value is -1.11. The number of piperazine rings is 1. The molecule has 1 aliphatic rings. The first kappa shape index (κ1) is 19.9. The molecule has 0 aromatic carbocycles. The van der Waals surface area contributed by atoms with Crippen LogP contribution in [0.3, 0.4) is 0 Å². The summed E-state index contributed by atoms with van der Waals surface area (Å²) in [4.78, 5) is 16.6. The SMILES string of the molecule is Cc1nn(C)c(C)c1CN1CCN(C(=O)[C@@H](N)C(C)C)CC1.Cl. The van der Waals surface area contributed by atoms with Gasteiger partial charge in [0.15, 0.2) is 0 Å². The predicted molar refractivity (Wildman–Crippen MR) is 94.6 cm³/mol. The Morgan fingerprint density at radius 1 is 1.22 bits per heavy atom. The largest absolute Gasteiger partial charge is 0.339 e. The quantitative estimate of drug-likeness (QED) is 0.888. The third-order valence-corrected chi connectivity index (χ3v) is 4.73. The highest BCUT2D eigenvalue weighted by molar-refractivity contribution is 5.85. The molecule has 1 saturated heterocycles. The summed E-state index contributed by atoms with van der Waals surface area (Å²) in [6.45, 7) is 12.4. The molecule has 6 nitrogen and oxygen atoms in total. The minimum absolute atomic E-state index is 0. The Morgan fingerprint density at radius 3 is 2.22 bits per heavy atom. The van der Waals surface area contributed by atoms with Crippen molar-refractivity contribution in [3.8, 4) is 0 Å². The first-order valence-electron chi connectivity index (χ1n) is 8.07. The van der Waals surface area contributed by atoms with E-state index >= 15 is 0 Å². The van der Waals surface area contributed by atoms with Crippen LogP contribution in [-0.2, 0) is 18.4 Å². The van der Waals surface area contributed by atoms with Crippen LogP contribution in [0.4, 0.5) is 0 Å². The number of nitrogens with zero attached hydrogens (tertiary/aromatic N) is 4. The van der Waals surface area contributed by atoms with Crippen molar-refractivity contribution in [2.24, 2.45) is 18.7 Å². The van der Waals surface area contributed by atoms with Gasteiger partial charge in [0.2, 0.25) is 5.91 Å². The van der Waals surface area contributed by atoms with Crippen LogP contribution in [0.25, 0.3) is 0 Å². The van der Waals surface area contributed by atoms with E-state index in [0.29, 0.717) is 0 Å². The van der Waals surface area contributed by atoms with Crippen LogP contribution < -0.4 is 5.73 Å². The van der Waals surface area contributed by atoms with Gasteiger partial charge in [-0.25, -0.2) is 0 Å². The molecule has 1 aliphatic heterocycles. The molecule has 1 fully saturated rings. The van der Waals surface area contributed by atoms with Crippen LogP contribution in [0.1, 0.15) is 30.8 Å². The summed E-state index contributed by atoms with van der Waals surface area (Å²) in [5.74, 6) is 0.273. The predicted octanol–water partition coefficient (Wildman–Crippen LogP) is 1.09. The van der Waals surface area contributed by atoms with Gasteiger partial charge in [-0.2, -0.15) is 5.10 Å². The molecule has 132 valence electrons. The first-order valence-corrected chi connectivity index (χ1v) is 8.07. The first-order chi connectivity index (χ1) is 10.3. The van der Waals surface area contributed by atoms with E-state index in [1.165, 1.54) is 11.3 Å². The monoisotopic (exact) mass is 343 g/mol. The molecule has 0 bridgehead atoms. The Morgan fingerprint density at radius 2 is 1.78 bits per heavy atom. The summed E-state index contributed by atoms with van der Waals surface area (Å²) in [6, 6.07) is -0.380. The Labute approximate surface area is 145 Å². The maximum Gasteiger partial charge on any atom is 0.239 e. The number of nitrogens with two attached hydrogens (primary N) is 1. The highest BCUT2D eigenvalue weighted by Crippen LogP contribution is 2.16. The van der Waals surface area contributed by atoms with E-state index in [9.17, 15) is 4.79 Å². The Balaban J connectivity index is 0.00000264. The van der Waals surface area contributed by atoms with E-state index < -0.39 is 0 Å². The zero-order chi connectivity index (χ0) is 16.4. The van der Waals surface area contributed by atoms with Crippen molar-refractivity contribution in [3.05, 3.63) is 17.0 Å². The summed E-state index contributed by atoms with van der Waals surface area (Å²) >= 11 is 0. The summed E-state index contributed by atoms with van der Waals surface area (Å²) in [7, 11) is 1.98. The second-order valence-electron chi connectivity index (χ2n) is 6.64. The standard InChI is InChI=1S/C16H29N5O.ClH/c1-11(2)15(17)16(22)21-8-6-20(7-9-21)10-14-12(3)18-19(5)13(14)4;/h11,15H,6-10,17H2,1-5H3;1H/t15-;/m0./s1. The molecule has 23 heavy (non-hydrogen) atoms. The van der Waals surface area contributed by atoms with Crippen LogP contribution in [-0.4, -0.2) is 57.7 Å². The van der Waals surface area contributed by atoms with Gasteiger partial charge >= 0.3 is 0 Å². The molecule has 0 unspecified atom stereocenters. The van der Waals surface area contributed by atoms with Crippen LogP contribution in [0.5, 0.6) is 0 Å². The molecule has 1 amide bonds. The molecule has 2 N–H and O–H groups in total. The fourth-order valence-corrected chi connectivity index (χ4v) is 2.89. The van der Waals surface area contributed by atoms with Gasteiger partial charge < -0.3 is 10.6 Å². The molecule has 0 radical (unpaired) electrons. The number of hydrogen-bond donors (Lipinski definition) is 1. The number of aromatic nitrogens is 2. The van der Waals surface area contributed by atoms with Crippen LogP contribution in [0.15, 0.2) is 0 Å². The van der Waals surface area contributed by atoms with Crippen LogP contribution in [0, 0.1) is 19.8 Å². The van der Waals surface area contributed by atoms with Crippen molar-refractivity contribution in [2.75, 3.05) is 26.2 Å². The van der Waals surface area contributed by atoms with E-state index in [1.807, 2.05) is 30.5 Å². The number of amides is 1. The second-order valence-corrected chi connectivity index (χ2v) is 6.64. The average molecular weight is 344 g/mol. The summed E-state index contributed by atoms with van der Waals surface area (Å²) < 4.78 is 1.94. The topological polar surface area (TPSA) is 67.4 Å². The van der Waals surface area contributed by atoms with Gasteiger partial charge in [-0.15, -0.1) is 12.4 Å². The fourth-order valence-electron chi connectivity index (χ4n) is 2.89. The number of rotatable bonds is 4. The van der Waals surface area contributed by atoms with Crippen molar-refractivity contribution in [1.82, 2.24) is 19.6 Å². The lowest BCUT2D eigenvalue weighted by atomic mass is 10.0. The molecule has 2 rings (SSSR count). The lowest BCUT2D eigenvalue weighted by Gasteiger charge is -2.36. The van der Waals surface area contributed by atoms with Gasteiger partial charge in [-0.1, -0.05) is 13.8 Å². The number of hydrogen-bond acceptors (Lipinski definition) is 4. The second kappa shape index (κ2) is 8.13. The molecule has 0 saturated carbocycles. The van der Waals surface area contributed by atoms with Crippen LogP contribution in [0.2, 0.25) is 0 Å². The number of carbonyl (C=O) groups is 1. The molecule has 7 heteroatoms. The normalized spacial score (nSPS) is 17.3. The van der Waals surface area contributed by atoms with Gasteiger partial charge in [0.1, 0.15) is 0 Å². The number of aryl methyl sites for hydroxylation is 2. The molecule has 0 aliphatic carbocycles. The van der Waals surface area contributed by atoms with E-state index in [4.69, 9.17) is 5.73 Å². The van der Waals surface area contributed by atoms with Gasteiger partial charge in [-0.3, -0.25) is 14.4 Å². The van der Waals surface area contributed by atoms with Crippen LogP contribution >= 0.6 is 12.4 Å². The Bertz CT molecular complexity index is 535. The van der Waals surface area contributed by atoms with Crippen molar-refractivity contribution in [3.63, 3.8) is 0 Å². The maximum atomic E-state index is 12.3. The molecule has 0 spiro atoms. The van der Waals surface area contributed by atoms with E-state index in [-0.39, 0.29) is 30.3 Å². The molecule has 1 atom stereocenters. The van der Waals surface area contributed by atoms with Crippen molar-refractivity contribution < 1.29 is 4.79 Å². The Kier molecular flexibility index (Phi) is 7.04. The van der Waals surface area contributed by atoms with Crippen molar-refractivity contribution in [2.45, 2.75) is 40.3 Å². The number of carbonyl (C=O) groups excluding carboxylic acids is 1. The van der Waals surface area contributed by atoms with Crippen molar-refractivity contribution in [1.29, 1.82) is 0 Å². The third kappa shape index (κ3) is 4.46.